The van der Waals surface area contributed by atoms with Gasteiger partial charge in [-0.2, -0.15) is 0 Å². The average Bonchev–Trinajstić information content (AvgIpc) is 3.05. The van der Waals surface area contributed by atoms with E-state index in [4.69, 9.17) is 9.47 Å². The highest BCUT2D eigenvalue weighted by atomic mass is 79.9. The summed E-state index contributed by atoms with van der Waals surface area (Å²) in [5.41, 5.74) is 5.37. The van der Waals surface area contributed by atoms with Crippen LogP contribution in [0.4, 0.5) is 5.69 Å². The molecule has 1 fully saturated rings. The minimum Gasteiger partial charge on any atom is -0.497 e. The molecule has 0 atom stereocenters. The Bertz CT molecular complexity index is 1190. The number of carbonyl (C=O) groups excluding carboxylic acids is 1. The predicted molar refractivity (Wildman–Crippen MR) is 142 cm³/mol. The minimum atomic E-state index is 0.101. The van der Waals surface area contributed by atoms with Crippen molar-refractivity contribution >= 4 is 39.2 Å². The molecule has 3 aromatic carbocycles. The third-order valence-electron chi connectivity index (χ3n) is 5.94. The summed E-state index contributed by atoms with van der Waals surface area (Å²) in [6.07, 6.45) is 5.44. The quantitative estimate of drug-likeness (QED) is 0.271. The molecule has 0 bridgehead atoms. The van der Waals surface area contributed by atoms with Gasteiger partial charge in [0.05, 0.1) is 19.9 Å². The zero-order chi connectivity index (χ0) is 23.9. The molecule has 5 heteroatoms. The van der Waals surface area contributed by atoms with Gasteiger partial charge in [-0.3, -0.25) is 4.79 Å². The van der Waals surface area contributed by atoms with Gasteiger partial charge in [0.2, 0.25) is 0 Å². The highest BCUT2D eigenvalue weighted by Gasteiger charge is 2.23. The molecule has 0 amide bonds. The molecular formula is C29H28BrNO3. The number of hydrogen-bond donors (Lipinski definition) is 1. The second-order valence-corrected chi connectivity index (χ2v) is 9.11. The van der Waals surface area contributed by atoms with Crippen LogP contribution in [-0.2, 0) is 4.79 Å². The molecule has 34 heavy (non-hydrogen) atoms. The summed E-state index contributed by atoms with van der Waals surface area (Å²) >= 11 is 3.49. The Morgan fingerprint density at radius 2 is 1.41 bits per heavy atom. The highest BCUT2D eigenvalue weighted by Crippen LogP contribution is 2.33. The number of ketones is 1. The summed E-state index contributed by atoms with van der Waals surface area (Å²) in [4.78, 5) is 13.8. The molecule has 0 aromatic heterocycles. The van der Waals surface area contributed by atoms with Gasteiger partial charge in [-0.1, -0.05) is 28.1 Å². The molecule has 1 N–H and O–H groups in total. The number of rotatable bonds is 6. The Kier molecular flexibility index (Phi) is 7.86. The lowest BCUT2D eigenvalue weighted by molar-refractivity contribution is -0.112. The Hall–Kier alpha value is -3.31. The molecule has 0 saturated heterocycles. The van der Waals surface area contributed by atoms with Crippen molar-refractivity contribution in [2.24, 2.45) is 0 Å². The van der Waals surface area contributed by atoms with Crippen LogP contribution in [0.3, 0.4) is 0 Å². The molecule has 4 rings (SSSR count). The van der Waals surface area contributed by atoms with Crippen molar-refractivity contribution in [2.75, 3.05) is 19.5 Å². The van der Waals surface area contributed by atoms with Crippen LogP contribution in [0.2, 0.25) is 0 Å². The van der Waals surface area contributed by atoms with Crippen LogP contribution in [-0.4, -0.2) is 20.0 Å². The average molecular weight is 518 g/mol. The number of benzene rings is 3. The fraction of sp³-hybridized carbons (Fsp3) is 0.207. The first kappa shape index (κ1) is 23.8. The van der Waals surface area contributed by atoms with E-state index in [1.54, 1.807) is 14.2 Å². The first-order valence-corrected chi connectivity index (χ1v) is 12.2. The van der Waals surface area contributed by atoms with Gasteiger partial charge in [0.1, 0.15) is 11.5 Å². The topological polar surface area (TPSA) is 47.6 Å². The monoisotopic (exact) mass is 517 g/mol. The summed E-state index contributed by atoms with van der Waals surface area (Å²) in [5.74, 6) is 1.68. The first-order chi connectivity index (χ1) is 16.6. The number of allylic oxidation sites excluding steroid dienone is 2. The lowest BCUT2D eigenvalue weighted by Crippen LogP contribution is -2.11. The maximum Gasteiger partial charge on any atom is 0.187 e. The maximum absolute atomic E-state index is 13.8. The third-order valence-corrected chi connectivity index (χ3v) is 6.47. The Morgan fingerprint density at radius 1 is 0.824 bits per heavy atom. The number of Topliss-reactive ketones (excluding diaryl/α,β-unsaturated/α-hetero) is 1. The molecule has 4 nitrogen and oxygen atoms in total. The van der Waals surface area contributed by atoms with E-state index < -0.39 is 0 Å². The maximum atomic E-state index is 13.8. The number of nitrogens with one attached hydrogen (secondary N) is 1. The number of halogens is 1. The van der Waals surface area contributed by atoms with Gasteiger partial charge in [-0.25, -0.2) is 0 Å². The van der Waals surface area contributed by atoms with Crippen LogP contribution in [0.25, 0.3) is 11.8 Å². The van der Waals surface area contributed by atoms with Gasteiger partial charge >= 0.3 is 0 Å². The predicted octanol–water partition coefficient (Wildman–Crippen LogP) is 7.52. The fourth-order valence-corrected chi connectivity index (χ4v) is 4.34. The fourth-order valence-electron chi connectivity index (χ4n) is 4.07. The normalized spacial score (nSPS) is 16.7. The van der Waals surface area contributed by atoms with Gasteiger partial charge in [-0.15, -0.1) is 0 Å². The van der Waals surface area contributed by atoms with Crippen LogP contribution in [0, 0.1) is 0 Å². The lowest BCUT2D eigenvalue weighted by atomic mass is 9.95. The van der Waals surface area contributed by atoms with E-state index in [1.807, 2.05) is 78.9 Å². The number of hydrogen-bond acceptors (Lipinski definition) is 4. The van der Waals surface area contributed by atoms with Crippen LogP contribution < -0.4 is 14.8 Å². The van der Waals surface area contributed by atoms with Crippen molar-refractivity contribution in [1.82, 2.24) is 0 Å². The molecule has 1 saturated carbocycles. The number of anilines is 1. The van der Waals surface area contributed by atoms with Crippen molar-refractivity contribution in [3.63, 3.8) is 0 Å². The summed E-state index contributed by atoms with van der Waals surface area (Å²) in [7, 11) is 3.30. The zero-order valence-electron chi connectivity index (χ0n) is 19.4. The summed E-state index contributed by atoms with van der Waals surface area (Å²) < 4.78 is 11.6. The third kappa shape index (κ3) is 5.78. The van der Waals surface area contributed by atoms with Crippen LogP contribution >= 0.6 is 15.9 Å². The van der Waals surface area contributed by atoms with Gasteiger partial charge in [0.25, 0.3) is 0 Å². The van der Waals surface area contributed by atoms with Gasteiger partial charge in [0, 0.05) is 21.3 Å². The van der Waals surface area contributed by atoms with Crippen molar-refractivity contribution in [3.05, 3.63) is 99.5 Å². The molecule has 3 aromatic rings. The van der Waals surface area contributed by atoms with E-state index in [1.165, 1.54) is 0 Å². The van der Waals surface area contributed by atoms with Crippen LogP contribution in [0.15, 0.2) is 88.4 Å². The second kappa shape index (κ2) is 11.2. The zero-order valence-corrected chi connectivity index (χ0v) is 21.0. The summed E-state index contributed by atoms with van der Waals surface area (Å²) in [5, 5.41) is 3.54. The van der Waals surface area contributed by atoms with E-state index in [0.717, 1.165) is 75.3 Å². The first-order valence-electron chi connectivity index (χ1n) is 11.4. The molecular weight excluding hydrogens is 490 g/mol. The van der Waals surface area contributed by atoms with E-state index in [-0.39, 0.29) is 5.78 Å². The van der Waals surface area contributed by atoms with Gasteiger partial charge in [0.15, 0.2) is 5.78 Å². The van der Waals surface area contributed by atoms with Gasteiger partial charge < -0.3 is 14.8 Å². The number of methoxy groups -OCH3 is 2. The molecule has 0 radical (unpaired) electrons. The highest BCUT2D eigenvalue weighted by molar-refractivity contribution is 9.10. The van der Waals surface area contributed by atoms with Gasteiger partial charge in [-0.05, 0) is 104 Å². The molecule has 0 unspecified atom stereocenters. The number of ether oxygens (including phenoxy) is 2. The SMILES string of the molecule is COc1ccc(/C=C2/CCCC/C(=C(\Nc3ccc(Br)cc3)c3ccc(OC)cc3)C2=O)cc1. The molecule has 174 valence electrons. The van der Waals surface area contributed by atoms with Crippen molar-refractivity contribution in [1.29, 1.82) is 0 Å². The van der Waals surface area contributed by atoms with E-state index in [9.17, 15) is 4.79 Å². The van der Waals surface area contributed by atoms with Crippen molar-refractivity contribution < 1.29 is 14.3 Å². The Balaban J connectivity index is 1.77. The largest absolute Gasteiger partial charge is 0.497 e. The van der Waals surface area contributed by atoms with Crippen LogP contribution in [0.1, 0.15) is 36.8 Å². The Labute approximate surface area is 209 Å². The summed E-state index contributed by atoms with van der Waals surface area (Å²) in [6.45, 7) is 0. The van der Waals surface area contributed by atoms with Crippen LogP contribution in [0.5, 0.6) is 11.5 Å². The molecule has 1 aliphatic carbocycles. The minimum absolute atomic E-state index is 0.101. The molecule has 0 aliphatic heterocycles. The van der Waals surface area contributed by atoms with Crippen molar-refractivity contribution in [3.8, 4) is 11.5 Å². The second-order valence-electron chi connectivity index (χ2n) is 8.19. The number of carbonyl (C=O) groups is 1. The Morgan fingerprint density at radius 3 is 2.03 bits per heavy atom. The molecule has 0 heterocycles. The smallest absolute Gasteiger partial charge is 0.187 e. The van der Waals surface area contributed by atoms with Crippen molar-refractivity contribution in [2.45, 2.75) is 25.7 Å². The molecule has 1 aliphatic rings. The molecule has 0 spiro atoms. The van der Waals surface area contributed by atoms with E-state index in [0.29, 0.717) is 0 Å². The van der Waals surface area contributed by atoms with E-state index in [2.05, 4.69) is 21.2 Å². The summed E-state index contributed by atoms with van der Waals surface area (Å²) in [6, 6.07) is 23.6. The van der Waals surface area contributed by atoms with E-state index >= 15 is 0 Å². The standard InChI is InChI=1S/C29H28BrNO3/c1-33-25-15-7-20(8-16-25)19-22-5-3-4-6-27(29(22)32)28(21-9-17-26(34-2)18-10-21)31-24-13-11-23(30)12-14-24/h7-19,31H,3-6H2,1-2H3/b22-19-,28-27+. The lowest BCUT2D eigenvalue weighted by Gasteiger charge is -2.17.